The van der Waals surface area contributed by atoms with Crippen LogP contribution in [0, 0.1) is 5.82 Å². The molecule has 1 rings (SSSR count). The van der Waals surface area contributed by atoms with E-state index in [9.17, 15) is 12.8 Å². The maximum Gasteiger partial charge on any atom is 0.179 e. The summed E-state index contributed by atoms with van der Waals surface area (Å²) in [6.45, 7) is 0.521. The van der Waals surface area contributed by atoms with Crippen molar-refractivity contribution in [3.63, 3.8) is 0 Å². The first-order valence-corrected chi connectivity index (χ1v) is 7.42. The van der Waals surface area contributed by atoms with Gasteiger partial charge in [-0.2, -0.15) is 0 Å². The molecule has 3 nitrogen and oxygen atoms in total. The van der Waals surface area contributed by atoms with Crippen molar-refractivity contribution < 1.29 is 12.8 Å². The lowest BCUT2D eigenvalue weighted by Gasteiger charge is -2.07. The molecule has 2 N–H and O–H groups in total. The minimum absolute atomic E-state index is 0.266. The predicted molar refractivity (Wildman–Crippen MR) is 64.6 cm³/mol. The fourth-order valence-electron chi connectivity index (χ4n) is 1.42. The van der Waals surface area contributed by atoms with Gasteiger partial charge in [0.15, 0.2) is 9.84 Å². The molecule has 6 heteroatoms. The van der Waals surface area contributed by atoms with E-state index in [-0.39, 0.29) is 9.37 Å². The van der Waals surface area contributed by atoms with Gasteiger partial charge in [-0.1, -0.05) is 0 Å². The summed E-state index contributed by atoms with van der Waals surface area (Å²) in [6.07, 6.45) is 2.36. The van der Waals surface area contributed by atoms with E-state index >= 15 is 0 Å². The van der Waals surface area contributed by atoms with Gasteiger partial charge in [-0.25, -0.2) is 12.8 Å². The Labute approximate surface area is 103 Å². The number of benzene rings is 1. The molecule has 16 heavy (non-hydrogen) atoms. The highest BCUT2D eigenvalue weighted by molar-refractivity contribution is 9.10. The largest absolute Gasteiger partial charge is 0.330 e. The maximum atomic E-state index is 13.6. The smallest absolute Gasteiger partial charge is 0.179 e. The number of nitrogens with two attached hydrogens (primary N) is 1. The predicted octanol–water partition coefficient (Wildman–Crippen LogP) is 1.88. The second-order valence-corrected chi connectivity index (χ2v) is 6.36. The highest BCUT2D eigenvalue weighted by Gasteiger charge is 2.18. The lowest BCUT2D eigenvalue weighted by Crippen LogP contribution is -2.05. The summed E-state index contributed by atoms with van der Waals surface area (Å²) in [5.41, 5.74) is 6.09. The minimum Gasteiger partial charge on any atom is -0.330 e. The Morgan fingerprint density at radius 1 is 1.44 bits per heavy atom. The van der Waals surface area contributed by atoms with Crippen LogP contribution < -0.4 is 5.73 Å². The van der Waals surface area contributed by atoms with E-state index in [2.05, 4.69) is 15.9 Å². The van der Waals surface area contributed by atoms with E-state index in [0.29, 0.717) is 13.0 Å². The van der Waals surface area contributed by atoms with Crippen molar-refractivity contribution in [3.05, 3.63) is 28.0 Å². The van der Waals surface area contributed by atoms with Gasteiger partial charge in [-0.05, 0) is 53.0 Å². The highest BCUT2D eigenvalue weighted by Crippen LogP contribution is 2.27. The summed E-state index contributed by atoms with van der Waals surface area (Å²) in [5, 5.41) is 0. The Balaban J connectivity index is 3.18. The van der Waals surface area contributed by atoms with Gasteiger partial charge in [-0.15, -0.1) is 0 Å². The van der Waals surface area contributed by atoms with Crippen LogP contribution in [0.2, 0.25) is 0 Å². The Kier molecular flexibility index (Phi) is 4.46. The molecule has 1 aromatic carbocycles. The molecule has 0 spiro atoms. The number of aryl methyl sites for hydroxylation is 1. The van der Waals surface area contributed by atoms with Crippen molar-refractivity contribution in [3.8, 4) is 0 Å². The molecule has 0 aliphatic rings. The van der Waals surface area contributed by atoms with E-state index in [1.165, 1.54) is 6.07 Å². The van der Waals surface area contributed by atoms with Crippen LogP contribution in [-0.4, -0.2) is 21.2 Å². The summed E-state index contributed by atoms with van der Waals surface area (Å²) >= 11 is 3.08. The summed E-state index contributed by atoms with van der Waals surface area (Å²) in [5.74, 6) is -0.719. The lowest BCUT2D eigenvalue weighted by molar-refractivity contribution is 0.567. The number of sulfone groups is 1. The molecule has 1 aromatic rings. The molecule has 90 valence electrons. The molecule has 0 unspecified atom stereocenters. The number of hydrogen-bond acceptors (Lipinski definition) is 3. The van der Waals surface area contributed by atoms with Crippen molar-refractivity contribution in [2.75, 3.05) is 12.8 Å². The Morgan fingerprint density at radius 3 is 2.50 bits per heavy atom. The van der Waals surface area contributed by atoms with Crippen molar-refractivity contribution >= 4 is 25.8 Å². The zero-order chi connectivity index (χ0) is 12.3. The molecule has 0 aromatic heterocycles. The number of halogens is 2. The third-order valence-corrected chi connectivity index (χ3v) is 4.14. The molecule has 0 saturated carbocycles. The van der Waals surface area contributed by atoms with Crippen LogP contribution in [0.25, 0.3) is 0 Å². The third-order valence-electron chi connectivity index (χ3n) is 2.10. The quantitative estimate of drug-likeness (QED) is 0.924. The fraction of sp³-hybridized carbons (Fsp3) is 0.400. The molecule has 0 amide bonds. The summed E-state index contributed by atoms with van der Waals surface area (Å²) in [6, 6.07) is 2.87. The molecule has 0 radical (unpaired) electrons. The SMILES string of the molecule is CS(=O)(=O)c1c(F)cc(CCCN)cc1Br. The first kappa shape index (κ1) is 13.6. The van der Waals surface area contributed by atoms with Crippen molar-refractivity contribution in [1.82, 2.24) is 0 Å². The standard InChI is InChI=1S/C10H13BrFNO2S/c1-16(14,15)10-8(11)5-7(3-2-4-13)6-9(10)12/h5-6H,2-4,13H2,1H3. The summed E-state index contributed by atoms with van der Waals surface area (Å²) < 4.78 is 36.5. The van der Waals surface area contributed by atoms with E-state index in [1.807, 2.05) is 0 Å². The zero-order valence-electron chi connectivity index (χ0n) is 8.83. The van der Waals surface area contributed by atoms with Crippen LogP contribution in [-0.2, 0) is 16.3 Å². The monoisotopic (exact) mass is 309 g/mol. The van der Waals surface area contributed by atoms with Gasteiger partial charge < -0.3 is 5.73 Å². The third kappa shape index (κ3) is 3.26. The van der Waals surface area contributed by atoms with E-state index in [4.69, 9.17) is 5.73 Å². The highest BCUT2D eigenvalue weighted by atomic mass is 79.9. The molecule has 0 aliphatic carbocycles. The van der Waals surface area contributed by atoms with Crippen molar-refractivity contribution in [1.29, 1.82) is 0 Å². The maximum absolute atomic E-state index is 13.6. The number of rotatable bonds is 4. The molecular weight excluding hydrogens is 297 g/mol. The number of hydrogen-bond donors (Lipinski definition) is 1. The van der Waals surface area contributed by atoms with Gasteiger partial charge in [0.25, 0.3) is 0 Å². The second-order valence-electron chi connectivity index (χ2n) is 3.55. The van der Waals surface area contributed by atoms with Crippen LogP contribution in [0.5, 0.6) is 0 Å². The fourth-order valence-corrected chi connectivity index (χ4v) is 3.61. The zero-order valence-corrected chi connectivity index (χ0v) is 11.2. The average Bonchev–Trinajstić information content (AvgIpc) is 2.11. The van der Waals surface area contributed by atoms with E-state index in [1.54, 1.807) is 6.07 Å². The average molecular weight is 310 g/mol. The topological polar surface area (TPSA) is 60.2 Å². The summed E-state index contributed by atoms with van der Waals surface area (Å²) in [7, 11) is -3.55. The van der Waals surface area contributed by atoms with Crippen LogP contribution in [0.4, 0.5) is 4.39 Å². The van der Waals surface area contributed by atoms with Crippen LogP contribution >= 0.6 is 15.9 Å². The lowest BCUT2D eigenvalue weighted by atomic mass is 10.1. The molecule has 0 saturated heterocycles. The molecular formula is C10H13BrFNO2S. The molecule has 0 bridgehead atoms. The van der Waals surface area contributed by atoms with Gasteiger partial charge in [0.1, 0.15) is 10.7 Å². The van der Waals surface area contributed by atoms with Crippen molar-refractivity contribution in [2.45, 2.75) is 17.7 Å². The Hall–Kier alpha value is -0.460. The van der Waals surface area contributed by atoms with Crippen molar-refractivity contribution in [2.24, 2.45) is 5.73 Å². The molecule has 0 fully saturated rings. The molecule has 0 atom stereocenters. The van der Waals surface area contributed by atoms with Gasteiger partial charge in [0, 0.05) is 10.7 Å². The van der Waals surface area contributed by atoms with Gasteiger partial charge in [-0.3, -0.25) is 0 Å². The minimum atomic E-state index is -3.55. The van der Waals surface area contributed by atoms with E-state index < -0.39 is 15.7 Å². The van der Waals surface area contributed by atoms with Gasteiger partial charge >= 0.3 is 0 Å². The summed E-state index contributed by atoms with van der Waals surface area (Å²) in [4.78, 5) is -0.288. The van der Waals surface area contributed by atoms with Gasteiger partial charge in [0.05, 0.1) is 0 Å². The second kappa shape index (κ2) is 5.25. The van der Waals surface area contributed by atoms with E-state index in [0.717, 1.165) is 18.2 Å². The Morgan fingerprint density at radius 2 is 2.06 bits per heavy atom. The van der Waals surface area contributed by atoms with Crippen LogP contribution in [0.1, 0.15) is 12.0 Å². The van der Waals surface area contributed by atoms with Crippen LogP contribution in [0.15, 0.2) is 21.5 Å². The molecule has 0 aliphatic heterocycles. The first-order chi connectivity index (χ1) is 7.36. The van der Waals surface area contributed by atoms with Crippen LogP contribution in [0.3, 0.4) is 0 Å². The normalized spacial score (nSPS) is 11.8. The molecule has 0 heterocycles. The Bertz CT molecular complexity index is 465. The van der Waals surface area contributed by atoms with Gasteiger partial charge in [0.2, 0.25) is 0 Å². The first-order valence-electron chi connectivity index (χ1n) is 4.74.